The fourth-order valence-electron chi connectivity index (χ4n) is 3.70. The van der Waals surface area contributed by atoms with Gasteiger partial charge in [-0.05, 0) is 42.7 Å². The second-order valence-corrected chi connectivity index (χ2v) is 7.07. The SMILES string of the molecule is O=C(Nc1ccc(C(F)(F)F)cc1)[C@@H]1CCC[C@@H]1N(Cc1ccccc1)C(=O)O. The normalized spacial score (nSPS) is 19.0. The average Bonchev–Trinajstić information content (AvgIpc) is 3.16. The number of nitrogens with zero attached hydrogens (tertiary/aromatic N) is 1. The third-order valence-corrected chi connectivity index (χ3v) is 5.14. The summed E-state index contributed by atoms with van der Waals surface area (Å²) >= 11 is 0. The van der Waals surface area contributed by atoms with Crippen LogP contribution >= 0.6 is 0 Å². The molecule has 1 saturated carbocycles. The van der Waals surface area contributed by atoms with Crippen molar-refractivity contribution in [2.24, 2.45) is 5.92 Å². The molecular weight excluding hydrogens is 385 g/mol. The molecule has 2 N–H and O–H groups in total. The maximum absolute atomic E-state index is 12.7. The van der Waals surface area contributed by atoms with Crippen LogP contribution in [-0.4, -0.2) is 28.0 Å². The number of rotatable bonds is 5. The second-order valence-electron chi connectivity index (χ2n) is 7.07. The van der Waals surface area contributed by atoms with E-state index in [0.717, 1.165) is 17.7 Å². The third-order valence-electron chi connectivity index (χ3n) is 5.14. The molecule has 29 heavy (non-hydrogen) atoms. The van der Waals surface area contributed by atoms with Gasteiger partial charge in [0.1, 0.15) is 0 Å². The summed E-state index contributed by atoms with van der Waals surface area (Å²) in [7, 11) is 0. The molecule has 0 aliphatic heterocycles. The summed E-state index contributed by atoms with van der Waals surface area (Å²) < 4.78 is 38.0. The van der Waals surface area contributed by atoms with Gasteiger partial charge in [-0.3, -0.25) is 4.79 Å². The minimum atomic E-state index is -4.45. The molecule has 1 aliphatic rings. The molecular formula is C21H21F3N2O3. The standard InChI is InChI=1S/C21H21F3N2O3/c22-21(23,24)15-9-11-16(12-10-15)25-19(27)17-7-4-8-18(17)26(20(28)29)13-14-5-2-1-3-6-14/h1-3,5-6,9-12,17-18H,4,7-8,13H2,(H,25,27)(H,28,29)/t17-,18+/m1/s1. The molecule has 2 aromatic carbocycles. The molecule has 2 atom stereocenters. The van der Waals surface area contributed by atoms with E-state index in [1.165, 1.54) is 17.0 Å². The maximum atomic E-state index is 12.7. The maximum Gasteiger partial charge on any atom is 0.416 e. The fraction of sp³-hybridized carbons (Fsp3) is 0.333. The van der Waals surface area contributed by atoms with Crippen LogP contribution in [0.3, 0.4) is 0 Å². The van der Waals surface area contributed by atoms with Gasteiger partial charge in [-0.2, -0.15) is 13.2 Å². The lowest BCUT2D eigenvalue weighted by Crippen LogP contribution is -2.44. The van der Waals surface area contributed by atoms with Crippen LogP contribution in [0.5, 0.6) is 0 Å². The quantitative estimate of drug-likeness (QED) is 0.735. The summed E-state index contributed by atoms with van der Waals surface area (Å²) in [5, 5.41) is 12.3. The van der Waals surface area contributed by atoms with E-state index in [-0.39, 0.29) is 18.1 Å². The topological polar surface area (TPSA) is 69.6 Å². The van der Waals surface area contributed by atoms with Crippen molar-refractivity contribution in [3.05, 3.63) is 65.7 Å². The number of anilines is 1. The molecule has 0 saturated heterocycles. The van der Waals surface area contributed by atoms with Crippen LogP contribution < -0.4 is 5.32 Å². The zero-order chi connectivity index (χ0) is 21.0. The highest BCUT2D eigenvalue weighted by molar-refractivity contribution is 5.93. The number of alkyl halides is 3. The predicted molar refractivity (Wildman–Crippen MR) is 101 cm³/mol. The van der Waals surface area contributed by atoms with Gasteiger partial charge in [0.2, 0.25) is 5.91 Å². The number of carbonyl (C=O) groups excluding carboxylic acids is 1. The van der Waals surface area contributed by atoms with Crippen molar-refractivity contribution in [2.45, 2.75) is 38.0 Å². The molecule has 1 fully saturated rings. The van der Waals surface area contributed by atoms with Gasteiger partial charge in [0.05, 0.1) is 11.5 Å². The van der Waals surface area contributed by atoms with Crippen molar-refractivity contribution in [2.75, 3.05) is 5.32 Å². The van der Waals surface area contributed by atoms with E-state index in [4.69, 9.17) is 0 Å². The van der Waals surface area contributed by atoms with Crippen molar-refractivity contribution >= 4 is 17.7 Å². The Labute approximate surface area is 166 Å². The van der Waals surface area contributed by atoms with E-state index in [9.17, 15) is 27.9 Å². The highest BCUT2D eigenvalue weighted by atomic mass is 19.4. The van der Waals surface area contributed by atoms with Crippen LogP contribution in [0.25, 0.3) is 0 Å². The third kappa shape index (κ3) is 5.07. The van der Waals surface area contributed by atoms with E-state index in [2.05, 4.69) is 5.32 Å². The average molecular weight is 406 g/mol. The minimum absolute atomic E-state index is 0.172. The lowest BCUT2D eigenvalue weighted by Gasteiger charge is -2.30. The molecule has 0 spiro atoms. The molecule has 2 amide bonds. The lowest BCUT2D eigenvalue weighted by molar-refractivity contribution is -0.137. The summed E-state index contributed by atoms with van der Waals surface area (Å²) in [5.74, 6) is -0.941. The number of halogens is 3. The Morgan fingerprint density at radius 1 is 1.03 bits per heavy atom. The van der Waals surface area contributed by atoms with E-state index in [0.29, 0.717) is 19.3 Å². The van der Waals surface area contributed by atoms with Gasteiger partial charge in [0.25, 0.3) is 0 Å². The van der Waals surface area contributed by atoms with E-state index in [1.807, 2.05) is 30.3 Å². The number of benzene rings is 2. The summed E-state index contributed by atoms with van der Waals surface area (Å²) in [6.45, 7) is 0.172. The van der Waals surface area contributed by atoms with Crippen molar-refractivity contribution in [1.29, 1.82) is 0 Å². The molecule has 5 nitrogen and oxygen atoms in total. The van der Waals surface area contributed by atoms with E-state index >= 15 is 0 Å². The van der Waals surface area contributed by atoms with Crippen molar-refractivity contribution in [3.63, 3.8) is 0 Å². The number of carboxylic acid groups (broad SMARTS) is 1. The first kappa shape index (κ1) is 20.7. The van der Waals surface area contributed by atoms with Crippen LogP contribution in [0.1, 0.15) is 30.4 Å². The number of amides is 2. The second kappa shape index (κ2) is 8.55. The van der Waals surface area contributed by atoms with Gasteiger partial charge in [-0.25, -0.2) is 4.79 Å². The fourth-order valence-corrected chi connectivity index (χ4v) is 3.70. The van der Waals surface area contributed by atoms with Gasteiger partial charge in [-0.1, -0.05) is 36.8 Å². The molecule has 2 aromatic rings. The molecule has 0 heterocycles. The number of hydrogen-bond donors (Lipinski definition) is 2. The minimum Gasteiger partial charge on any atom is -0.465 e. The molecule has 154 valence electrons. The zero-order valence-electron chi connectivity index (χ0n) is 15.5. The van der Waals surface area contributed by atoms with Crippen LogP contribution in [0, 0.1) is 5.92 Å². The summed E-state index contributed by atoms with van der Waals surface area (Å²) in [6, 6.07) is 12.8. The highest BCUT2D eigenvalue weighted by Gasteiger charge is 2.39. The van der Waals surface area contributed by atoms with Gasteiger partial charge in [-0.15, -0.1) is 0 Å². The Hall–Kier alpha value is -3.03. The Morgan fingerprint density at radius 3 is 2.28 bits per heavy atom. The smallest absolute Gasteiger partial charge is 0.416 e. The Balaban J connectivity index is 1.71. The van der Waals surface area contributed by atoms with Crippen molar-refractivity contribution < 1.29 is 27.9 Å². The summed E-state index contributed by atoms with van der Waals surface area (Å²) in [5.41, 5.74) is 0.274. The molecule has 0 unspecified atom stereocenters. The number of carbonyl (C=O) groups is 2. The molecule has 0 bridgehead atoms. The van der Waals surface area contributed by atoms with Crippen LogP contribution in [0.2, 0.25) is 0 Å². The first-order valence-corrected chi connectivity index (χ1v) is 9.27. The van der Waals surface area contributed by atoms with Crippen molar-refractivity contribution in [3.8, 4) is 0 Å². The van der Waals surface area contributed by atoms with Gasteiger partial charge < -0.3 is 15.3 Å². The van der Waals surface area contributed by atoms with Gasteiger partial charge in [0, 0.05) is 18.3 Å². The zero-order valence-corrected chi connectivity index (χ0v) is 15.5. The first-order chi connectivity index (χ1) is 13.8. The molecule has 0 aromatic heterocycles. The Kier molecular flexibility index (Phi) is 6.10. The van der Waals surface area contributed by atoms with Crippen molar-refractivity contribution in [1.82, 2.24) is 4.90 Å². The van der Waals surface area contributed by atoms with Gasteiger partial charge >= 0.3 is 12.3 Å². The number of nitrogens with one attached hydrogen (secondary N) is 1. The molecule has 8 heteroatoms. The Morgan fingerprint density at radius 2 is 1.69 bits per heavy atom. The highest BCUT2D eigenvalue weighted by Crippen LogP contribution is 2.33. The molecule has 3 rings (SSSR count). The van der Waals surface area contributed by atoms with Crippen LogP contribution in [0.15, 0.2) is 54.6 Å². The monoisotopic (exact) mass is 406 g/mol. The number of hydrogen-bond acceptors (Lipinski definition) is 2. The Bertz CT molecular complexity index is 854. The first-order valence-electron chi connectivity index (χ1n) is 9.27. The largest absolute Gasteiger partial charge is 0.465 e. The lowest BCUT2D eigenvalue weighted by atomic mass is 10.00. The summed E-state index contributed by atoms with van der Waals surface area (Å²) in [6.07, 6.45) is -3.76. The summed E-state index contributed by atoms with van der Waals surface area (Å²) in [4.78, 5) is 25.8. The van der Waals surface area contributed by atoms with Crippen LogP contribution in [-0.2, 0) is 17.5 Å². The van der Waals surface area contributed by atoms with E-state index < -0.39 is 29.8 Å². The van der Waals surface area contributed by atoms with E-state index in [1.54, 1.807) is 0 Å². The van der Waals surface area contributed by atoms with Crippen LogP contribution in [0.4, 0.5) is 23.7 Å². The van der Waals surface area contributed by atoms with Gasteiger partial charge in [0.15, 0.2) is 0 Å². The predicted octanol–water partition coefficient (Wildman–Crippen LogP) is 4.99. The molecule has 0 radical (unpaired) electrons. The molecule has 1 aliphatic carbocycles.